The van der Waals surface area contributed by atoms with Crippen LogP contribution in [-0.4, -0.2) is 35.5 Å². The van der Waals surface area contributed by atoms with Crippen LogP contribution in [0.3, 0.4) is 0 Å². The van der Waals surface area contributed by atoms with Crippen molar-refractivity contribution in [3.8, 4) is 0 Å². The van der Waals surface area contributed by atoms with E-state index in [9.17, 15) is 10.1 Å². The molecule has 1 rings (SSSR count). The highest BCUT2D eigenvalue weighted by atomic mass is 16.6. The minimum Gasteiger partial charge on any atom is -0.358 e. The average Bonchev–Trinajstić information content (AvgIpc) is 2.10. The van der Waals surface area contributed by atoms with Gasteiger partial charge in [0.25, 0.3) is 0 Å². The third kappa shape index (κ3) is 1.02. The third-order valence-electron chi connectivity index (χ3n) is 1.25. The molecule has 0 aromatic rings. The second-order valence-corrected chi connectivity index (χ2v) is 2.23. The van der Waals surface area contributed by atoms with Gasteiger partial charge in [0.1, 0.15) is 0 Å². The summed E-state index contributed by atoms with van der Waals surface area (Å²) in [6, 6.07) is 0. The molecule has 5 heteroatoms. The van der Waals surface area contributed by atoms with Crippen LogP contribution in [-0.2, 0) is 0 Å². The van der Waals surface area contributed by atoms with Gasteiger partial charge in [-0.15, -0.1) is 0 Å². The molecule has 0 aromatic heterocycles. The maximum atomic E-state index is 10.2. The molecular formula is C5H8N3O2. The Morgan fingerprint density at radius 1 is 1.70 bits per heavy atom. The Balaban J connectivity index is 2.75. The van der Waals surface area contributed by atoms with Crippen LogP contribution in [0.4, 0.5) is 0 Å². The highest BCUT2D eigenvalue weighted by Crippen LogP contribution is 2.09. The SMILES string of the molecule is CN1[C]=C([N+](=O)[O-])N(C)C1. The fraction of sp³-hybridized carbons (Fsp3) is 0.600. The molecule has 0 bridgehead atoms. The van der Waals surface area contributed by atoms with Crippen molar-refractivity contribution < 1.29 is 4.92 Å². The van der Waals surface area contributed by atoms with Crippen LogP contribution in [0.25, 0.3) is 0 Å². The van der Waals surface area contributed by atoms with Crippen molar-refractivity contribution in [3.05, 3.63) is 22.1 Å². The molecule has 0 aliphatic carbocycles. The molecule has 0 spiro atoms. The molecule has 0 aromatic carbocycles. The van der Waals surface area contributed by atoms with Crippen molar-refractivity contribution >= 4 is 0 Å². The van der Waals surface area contributed by atoms with Crippen molar-refractivity contribution in [1.29, 1.82) is 0 Å². The second-order valence-electron chi connectivity index (χ2n) is 2.23. The topological polar surface area (TPSA) is 49.6 Å². The molecule has 10 heavy (non-hydrogen) atoms. The monoisotopic (exact) mass is 142 g/mol. The first-order chi connectivity index (χ1) is 4.61. The highest BCUT2D eigenvalue weighted by Gasteiger charge is 2.25. The largest absolute Gasteiger partial charge is 0.358 e. The Labute approximate surface area is 58.7 Å². The number of rotatable bonds is 1. The Morgan fingerprint density at radius 2 is 2.30 bits per heavy atom. The van der Waals surface area contributed by atoms with Crippen LogP contribution in [0.2, 0.25) is 0 Å². The summed E-state index contributed by atoms with van der Waals surface area (Å²) in [5.41, 5.74) is 0. The van der Waals surface area contributed by atoms with Gasteiger partial charge in [-0.3, -0.25) is 0 Å². The van der Waals surface area contributed by atoms with Crippen molar-refractivity contribution in [2.24, 2.45) is 0 Å². The van der Waals surface area contributed by atoms with Gasteiger partial charge < -0.3 is 15.0 Å². The molecule has 1 aliphatic heterocycles. The van der Waals surface area contributed by atoms with E-state index < -0.39 is 4.92 Å². The lowest BCUT2D eigenvalue weighted by molar-refractivity contribution is -0.443. The van der Waals surface area contributed by atoms with Crippen molar-refractivity contribution in [2.45, 2.75) is 0 Å². The molecule has 1 aliphatic rings. The van der Waals surface area contributed by atoms with Gasteiger partial charge in [0.2, 0.25) is 0 Å². The summed E-state index contributed by atoms with van der Waals surface area (Å²) in [5.74, 6) is 0.0301. The second kappa shape index (κ2) is 2.17. The molecule has 0 saturated heterocycles. The van der Waals surface area contributed by atoms with Gasteiger partial charge >= 0.3 is 5.82 Å². The van der Waals surface area contributed by atoms with Gasteiger partial charge in [-0.05, 0) is 4.92 Å². The molecule has 0 amide bonds. The summed E-state index contributed by atoms with van der Waals surface area (Å²) in [6.07, 6.45) is 2.58. The number of nitrogens with zero attached hydrogens (tertiary/aromatic N) is 3. The lowest BCUT2D eigenvalue weighted by Gasteiger charge is -2.07. The zero-order valence-corrected chi connectivity index (χ0v) is 5.87. The van der Waals surface area contributed by atoms with Gasteiger partial charge in [0.05, 0.1) is 7.05 Å². The van der Waals surface area contributed by atoms with Crippen LogP contribution in [0.1, 0.15) is 0 Å². The van der Waals surface area contributed by atoms with Gasteiger partial charge in [-0.2, -0.15) is 0 Å². The van der Waals surface area contributed by atoms with E-state index in [1.807, 2.05) is 0 Å². The first-order valence-electron chi connectivity index (χ1n) is 2.81. The third-order valence-corrected chi connectivity index (χ3v) is 1.25. The first-order valence-corrected chi connectivity index (χ1v) is 2.81. The first kappa shape index (κ1) is 6.85. The Kier molecular flexibility index (Phi) is 1.48. The summed E-state index contributed by atoms with van der Waals surface area (Å²) >= 11 is 0. The summed E-state index contributed by atoms with van der Waals surface area (Å²) in [7, 11) is 3.40. The van der Waals surface area contributed by atoms with Crippen molar-refractivity contribution in [3.63, 3.8) is 0 Å². The number of hydrogen-bond acceptors (Lipinski definition) is 4. The van der Waals surface area contributed by atoms with E-state index in [1.165, 1.54) is 4.90 Å². The van der Waals surface area contributed by atoms with E-state index in [1.54, 1.807) is 19.0 Å². The fourth-order valence-corrected chi connectivity index (χ4v) is 0.857. The van der Waals surface area contributed by atoms with Crippen LogP contribution < -0.4 is 0 Å². The molecule has 55 valence electrons. The minimum absolute atomic E-state index is 0.0301. The van der Waals surface area contributed by atoms with Gasteiger partial charge in [-0.1, -0.05) is 0 Å². The molecule has 0 saturated carbocycles. The lowest BCUT2D eigenvalue weighted by atomic mass is 10.7. The quantitative estimate of drug-likeness (QED) is 0.372. The van der Waals surface area contributed by atoms with Crippen molar-refractivity contribution in [2.75, 3.05) is 20.8 Å². The van der Waals surface area contributed by atoms with Gasteiger partial charge in [-0.25, -0.2) is 4.90 Å². The van der Waals surface area contributed by atoms with Crippen LogP contribution >= 0.6 is 0 Å². The molecule has 0 fully saturated rings. The Bertz CT molecular complexity index is 189. The van der Waals surface area contributed by atoms with Crippen LogP contribution in [0, 0.1) is 16.3 Å². The van der Waals surface area contributed by atoms with Gasteiger partial charge in [0.15, 0.2) is 12.9 Å². The van der Waals surface area contributed by atoms with E-state index in [0.29, 0.717) is 6.67 Å². The standard InChI is InChI=1S/C5H8N3O2/c1-6-3-5(8(9)10)7(2)4-6/h4H2,1-2H3. The highest BCUT2D eigenvalue weighted by molar-refractivity contribution is 4.88. The number of hydrogen-bond donors (Lipinski definition) is 0. The summed E-state index contributed by atoms with van der Waals surface area (Å²) in [4.78, 5) is 12.9. The van der Waals surface area contributed by atoms with Crippen LogP contribution in [0.15, 0.2) is 5.82 Å². The molecule has 5 nitrogen and oxygen atoms in total. The summed E-state index contributed by atoms with van der Waals surface area (Å²) in [6.45, 7) is 0.538. The molecule has 0 unspecified atom stereocenters. The zero-order valence-electron chi connectivity index (χ0n) is 5.87. The van der Waals surface area contributed by atoms with E-state index in [-0.39, 0.29) is 5.82 Å². The summed E-state index contributed by atoms with van der Waals surface area (Å²) in [5, 5.41) is 10.2. The predicted octanol–water partition coefficient (Wildman–Crippen LogP) is -0.300. The zero-order chi connectivity index (χ0) is 7.72. The van der Waals surface area contributed by atoms with E-state index in [4.69, 9.17) is 0 Å². The molecule has 1 heterocycles. The maximum Gasteiger partial charge on any atom is 0.345 e. The van der Waals surface area contributed by atoms with E-state index in [0.717, 1.165) is 0 Å². The predicted molar refractivity (Wildman–Crippen MR) is 34.1 cm³/mol. The molecular weight excluding hydrogens is 134 g/mol. The van der Waals surface area contributed by atoms with Crippen molar-refractivity contribution in [1.82, 2.24) is 9.80 Å². The Morgan fingerprint density at radius 3 is 2.50 bits per heavy atom. The molecule has 1 radical (unpaired) electrons. The van der Waals surface area contributed by atoms with Gasteiger partial charge in [0, 0.05) is 7.05 Å². The van der Waals surface area contributed by atoms with E-state index >= 15 is 0 Å². The summed E-state index contributed by atoms with van der Waals surface area (Å²) < 4.78 is 0. The smallest absolute Gasteiger partial charge is 0.345 e. The average molecular weight is 142 g/mol. The Hall–Kier alpha value is -1.26. The number of nitro groups is 1. The van der Waals surface area contributed by atoms with E-state index in [2.05, 4.69) is 6.20 Å². The maximum absolute atomic E-state index is 10.2. The lowest BCUT2D eigenvalue weighted by Crippen LogP contribution is -2.22. The normalized spacial score (nSPS) is 17.6. The molecule has 0 atom stereocenters. The van der Waals surface area contributed by atoms with Crippen LogP contribution in [0.5, 0.6) is 0 Å². The molecule has 0 N–H and O–H groups in total. The fourth-order valence-electron chi connectivity index (χ4n) is 0.857. The minimum atomic E-state index is -0.441.